The molecule has 1 N–H and O–H groups in total. The maximum absolute atomic E-state index is 9.16. The molecule has 1 unspecified atom stereocenters. The Morgan fingerprint density at radius 3 is 2.80 bits per heavy atom. The van der Waals surface area contributed by atoms with E-state index in [4.69, 9.17) is 14.6 Å². The lowest BCUT2D eigenvalue weighted by Gasteiger charge is -2.14. The van der Waals surface area contributed by atoms with Gasteiger partial charge in [-0.1, -0.05) is 12.7 Å². The molecule has 1 atom stereocenters. The zero-order valence-corrected chi connectivity index (χ0v) is 9.06. The normalized spacial score (nSPS) is 11.9. The monoisotopic (exact) mass is 208 g/mol. The minimum Gasteiger partial charge on any atom is -0.497 e. The van der Waals surface area contributed by atoms with Crippen LogP contribution in [0.2, 0.25) is 0 Å². The van der Waals surface area contributed by atoms with Gasteiger partial charge in [0.2, 0.25) is 0 Å². The van der Waals surface area contributed by atoms with Crippen LogP contribution in [0.1, 0.15) is 12.5 Å². The van der Waals surface area contributed by atoms with Crippen molar-refractivity contribution < 1.29 is 14.6 Å². The molecule has 0 aliphatic carbocycles. The van der Waals surface area contributed by atoms with Gasteiger partial charge in [-0.2, -0.15) is 0 Å². The van der Waals surface area contributed by atoms with Gasteiger partial charge in [-0.3, -0.25) is 0 Å². The predicted molar refractivity (Wildman–Crippen MR) is 59.2 cm³/mol. The molecule has 82 valence electrons. The predicted octanol–water partition coefficient (Wildman–Crippen LogP) is 2.14. The molecular formula is C12H16O3. The molecule has 0 saturated heterocycles. The van der Waals surface area contributed by atoms with Crippen LogP contribution in [0.4, 0.5) is 0 Å². The van der Waals surface area contributed by atoms with Gasteiger partial charge in [0.05, 0.1) is 13.7 Å². The van der Waals surface area contributed by atoms with Crippen LogP contribution in [0.3, 0.4) is 0 Å². The molecule has 0 heterocycles. The van der Waals surface area contributed by atoms with E-state index in [1.54, 1.807) is 31.4 Å². The molecule has 0 spiro atoms. The van der Waals surface area contributed by atoms with Crippen molar-refractivity contribution in [1.29, 1.82) is 0 Å². The van der Waals surface area contributed by atoms with E-state index in [-0.39, 0.29) is 12.7 Å². The molecule has 3 heteroatoms. The van der Waals surface area contributed by atoms with Gasteiger partial charge in [0, 0.05) is 5.56 Å². The molecule has 0 saturated carbocycles. The van der Waals surface area contributed by atoms with Crippen molar-refractivity contribution in [2.75, 3.05) is 7.11 Å². The van der Waals surface area contributed by atoms with Crippen LogP contribution in [0.5, 0.6) is 11.5 Å². The molecule has 0 aromatic heterocycles. The van der Waals surface area contributed by atoms with E-state index in [1.807, 2.05) is 6.92 Å². The molecule has 0 aliphatic rings. The second-order valence-corrected chi connectivity index (χ2v) is 3.19. The molecular weight excluding hydrogens is 192 g/mol. The van der Waals surface area contributed by atoms with Crippen molar-refractivity contribution in [3.8, 4) is 11.5 Å². The summed E-state index contributed by atoms with van der Waals surface area (Å²) in [6, 6.07) is 5.33. The van der Waals surface area contributed by atoms with Crippen molar-refractivity contribution in [2.24, 2.45) is 0 Å². The summed E-state index contributed by atoms with van der Waals surface area (Å²) in [6.45, 7) is 5.45. The first-order valence-corrected chi connectivity index (χ1v) is 4.78. The summed E-state index contributed by atoms with van der Waals surface area (Å²) >= 11 is 0. The van der Waals surface area contributed by atoms with Gasteiger partial charge in [-0.25, -0.2) is 0 Å². The first kappa shape index (κ1) is 11.6. The second kappa shape index (κ2) is 5.41. The first-order valence-electron chi connectivity index (χ1n) is 4.78. The Bertz CT molecular complexity index is 334. The lowest BCUT2D eigenvalue weighted by Crippen LogP contribution is -2.09. The molecule has 3 nitrogen and oxygen atoms in total. The third kappa shape index (κ3) is 2.99. The van der Waals surface area contributed by atoms with Gasteiger partial charge >= 0.3 is 0 Å². The summed E-state index contributed by atoms with van der Waals surface area (Å²) in [5.74, 6) is 1.36. The maximum atomic E-state index is 9.16. The third-order valence-electron chi connectivity index (χ3n) is 2.08. The minimum absolute atomic E-state index is 0.0730. The second-order valence-electron chi connectivity index (χ2n) is 3.19. The molecule has 1 aromatic rings. The molecule has 15 heavy (non-hydrogen) atoms. The highest BCUT2D eigenvalue weighted by atomic mass is 16.5. The van der Waals surface area contributed by atoms with E-state index in [9.17, 15) is 0 Å². The average Bonchev–Trinajstić information content (AvgIpc) is 2.29. The minimum atomic E-state index is -0.0799. The summed E-state index contributed by atoms with van der Waals surface area (Å²) in [6.07, 6.45) is 1.62. The topological polar surface area (TPSA) is 38.7 Å². The number of rotatable bonds is 5. The Morgan fingerprint density at radius 1 is 1.53 bits per heavy atom. The van der Waals surface area contributed by atoms with Crippen LogP contribution in [0.25, 0.3) is 0 Å². The van der Waals surface area contributed by atoms with Crippen LogP contribution in [-0.4, -0.2) is 18.3 Å². The molecule has 0 amide bonds. The highest BCUT2D eigenvalue weighted by molar-refractivity contribution is 5.40. The summed E-state index contributed by atoms with van der Waals surface area (Å²) < 4.78 is 10.6. The third-order valence-corrected chi connectivity index (χ3v) is 2.08. The lowest BCUT2D eigenvalue weighted by atomic mass is 10.2. The summed E-state index contributed by atoms with van der Waals surface area (Å²) in [5, 5.41) is 9.16. The molecule has 0 fully saturated rings. The Kier molecular flexibility index (Phi) is 4.18. The summed E-state index contributed by atoms with van der Waals surface area (Å²) in [5.41, 5.74) is 0.711. The molecule has 0 radical (unpaired) electrons. The number of aliphatic hydroxyl groups excluding tert-OH is 1. The molecule has 0 bridgehead atoms. The van der Waals surface area contributed by atoms with Gasteiger partial charge in [-0.05, 0) is 25.1 Å². The van der Waals surface area contributed by atoms with Gasteiger partial charge in [0.25, 0.3) is 0 Å². The molecule has 1 aromatic carbocycles. The van der Waals surface area contributed by atoms with Crippen LogP contribution < -0.4 is 9.47 Å². The van der Waals surface area contributed by atoms with Crippen LogP contribution in [0.15, 0.2) is 30.9 Å². The number of ether oxygens (including phenoxy) is 2. The fourth-order valence-electron chi connectivity index (χ4n) is 1.17. The number of methoxy groups -OCH3 is 1. The van der Waals surface area contributed by atoms with Gasteiger partial charge in [0.15, 0.2) is 0 Å². The number of hydrogen-bond acceptors (Lipinski definition) is 3. The van der Waals surface area contributed by atoms with E-state index in [2.05, 4.69) is 6.58 Å². The van der Waals surface area contributed by atoms with Gasteiger partial charge in [0.1, 0.15) is 17.6 Å². The zero-order chi connectivity index (χ0) is 11.3. The molecule has 1 rings (SSSR count). The Hall–Kier alpha value is -1.48. The SMILES string of the molecule is C=CC(C)Oc1ccc(OC)cc1CO. The van der Waals surface area contributed by atoms with Crippen LogP contribution in [0, 0.1) is 0 Å². The van der Waals surface area contributed by atoms with E-state index >= 15 is 0 Å². The lowest BCUT2D eigenvalue weighted by molar-refractivity contribution is 0.243. The highest BCUT2D eigenvalue weighted by Crippen LogP contribution is 2.25. The van der Waals surface area contributed by atoms with Crippen molar-refractivity contribution >= 4 is 0 Å². The van der Waals surface area contributed by atoms with E-state index in [0.717, 1.165) is 0 Å². The van der Waals surface area contributed by atoms with E-state index < -0.39 is 0 Å². The van der Waals surface area contributed by atoms with Gasteiger partial charge < -0.3 is 14.6 Å². The Balaban J connectivity index is 2.91. The van der Waals surface area contributed by atoms with Crippen molar-refractivity contribution in [2.45, 2.75) is 19.6 Å². The summed E-state index contributed by atoms with van der Waals surface area (Å²) in [4.78, 5) is 0. The Labute approximate surface area is 90.0 Å². The van der Waals surface area contributed by atoms with E-state index in [0.29, 0.717) is 17.1 Å². The van der Waals surface area contributed by atoms with Crippen molar-refractivity contribution in [1.82, 2.24) is 0 Å². The Morgan fingerprint density at radius 2 is 2.27 bits per heavy atom. The molecule has 0 aliphatic heterocycles. The fourth-order valence-corrected chi connectivity index (χ4v) is 1.17. The van der Waals surface area contributed by atoms with Crippen LogP contribution in [-0.2, 0) is 6.61 Å². The number of aliphatic hydroxyl groups is 1. The largest absolute Gasteiger partial charge is 0.497 e. The van der Waals surface area contributed by atoms with Crippen molar-refractivity contribution in [3.05, 3.63) is 36.4 Å². The standard InChI is InChI=1S/C12H16O3/c1-4-9(2)15-12-6-5-11(14-3)7-10(12)8-13/h4-7,9,13H,1,8H2,2-3H3. The number of benzene rings is 1. The quantitative estimate of drug-likeness (QED) is 0.753. The van der Waals surface area contributed by atoms with E-state index in [1.165, 1.54) is 0 Å². The number of hydrogen-bond donors (Lipinski definition) is 1. The average molecular weight is 208 g/mol. The summed E-state index contributed by atoms with van der Waals surface area (Å²) in [7, 11) is 1.59. The van der Waals surface area contributed by atoms with Crippen molar-refractivity contribution in [3.63, 3.8) is 0 Å². The van der Waals surface area contributed by atoms with Crippen LogP contribution >= 0.6 is 0 Å². The first-order chi connectivity index (χ1) is 7.21. The highest BCUT2D eigenvalue weighted by Gasteiger charge is 2.06. The maximum Gasteiger partial charge on any atom is 0.125 e. The smallest absolute Gasteiger partial charge is 0.125 e. The van der Waals surface area contributed by atoms with Gasteiger partial charge in [-0.15, -0.1) is 0 Å². The fraction of sp³-hybridized carbons (Fsp3) is 0.333. The zero-order valence-electron chi connectivity index (χ0n) is 9.06.